The van der Waals surface area contributed by atoms with Crippen LogP contribution in [0.3, 0.4) is 0 Å². The molecule has 0 amide bonds. The zero-order chi connectivity index (χ0) is 17.2. The minimum atomic E-state index is -0.765. The van der Waals surface area contributed by atoms with Gasteiger partial charge in [0.15, 0.2) is 11.5 Å². The van der Waals surface area contributed by atoms with Crippen LogP contribution in [-0.4, -0.2) is 35.6 Å². The molecule has 23 heavy (non-hydrogen) atoms. The van der Waals surface area contributed by atoms with E-state index in [9.17, 15) is 14.7 Å². The first-order chi connectivity index (χ1) is 11.0. The fourth-order valence-corrected chi connectivity index (χ4v) is 1.72. The van der Waals surface area contributed by atoms with Gasteiger partial charge in [-0.25, -0.2) is 0 Å². The number of ether oxygens (including phenoxy) is 1. The van der Waals surface area contributed by atoms with E-state index in [0.717, 1.165) is 11.8 Å². The van der Waals surface area contributed by atoms with Gasteiger partial charge in [0.25, 0.3) is 0 Å². The van der Waals surface area contributed by atoms with E-state index < -0.39 is 12.0 Å². The van der Waals surface area contributed by atoms with Gasteiger partial charge >= 0.3 is 5.97 Å². The molecule has 6 nitrogen and oxygen atoms in total. The Morgan fingerprint density at radius 3 is 2.30 bits per heavy atom. The van der Waals surface area contributed by atoms with Crippen molar-refractivity contribution in [3.05, 3.63) is 59.7 Å². The SMILES string of the molecule is COC(=O)C(N)Cc1ccc(O)c(O)c1.O=Cc1ccccc1. The number of carbonyl (C=O) groups is 2. The zero-order valence-corrected chi connectivity index (χ0v) is 12.7. The van der Waals surface area contributed by atoms with E-state index in [1.54, 1.807) is 18.2 Å². The molecule has 0 bridgehead atoms. The number of phenolic OH excluding ortho intramolecular Hbond substituents is 2. The molecule has 2 aromatic rings. The maximum atomic E-state index is 11.0. The molecule has 6 heteroatoms. The van der Waals surface area contributed by atoms with Gasteiger partial charge in [-0.05, 0) is 24.1 Å². The van der Waals surface area contributed by atoms with Crippen LogP contribution in [-0.2, 0) is 16.0 Å². The van der Waals surface area contributed by atoms with Gasteiger partial charge in [0.05, 0.1) is 7.11 Å². The lowest BCUT2D eigenvalue weighted by Gasteiger charge is -2.09. The van der Waals surface area contributed by atoms with Crippen molar-refractivity contribution in [2.24, 2.45) is 5.73 Å². The van der Waals surface area contributed by atoms with E-state index in [0.29, 0.717) is 5.56 Å². The van der Waals surface area contributed by atoms with Crippen molar-refractivity contribution in [3.8, 4) is 11.5 Å². The van der Waals surface area contributed by atoms with Crippen molar-refractivity contribution in [1.29, 1.82) is 0 Å². The summed E-state index contributed by atoms with van der Waals surface area (Å²) < 4.78 is 4.46. The second kappa shape index (κ2) is 9.22. The monoisotopic (exact) mass is 317 g/mol. The molecule has 0 heterocycles. The van der Waals surface area contributed by atoms with Crippen LogP contribution < -0.4 is 5.73 Å². The normalized spacial score (nSPS) is 10.9. The zero-order valence-electron chi connectivity index (χ0n) is 12.7. The van der Waals surface area contributed by atoms with Gasteiger partial charge in [-0.15, -0.1) is 0 Å². The quantitative estimate of drug-likeness (QED) is 0.449. The highest BCUT2D eigenvalue weighted by Gasteiger charge is 2.14. The number of aromatic hydroxyl groups is 2. The molecule has 1 atom stereocenters. The van der Waals surface area contributed by atoms with Crippen LogP contribution in [0.5, 0.6) is 11.5 Å². The number of hydrogen-bond acceptors (Lipinski definition) is 6. The van der Waals surface area contributed by atoms with E-state index in [2.05, 4.69) is 4.74 Å². The Hall–Kier alpha value is -2.86. The maximum absolute atomic E-state index is 11.0. The smallest absolute Gasteiger partial charge is 0.322 e. The highest BCUT2D eigenvalue weighted by Crippen LogP contribution is 2.25. The molecule has 0 aliphatic carbocycles. The van der Waals surface area contributed by atoms with Crippen molar-refractivity contribution in [2.75, 3.05) is 7.11 Å². The van der Waals surface area contributed by atoms with Crippen molar-refractivity contribution >= 4 is 12.3 Å². The lowest BCUT2D eigenvalue weighted by atomic mass is 10.1. The molecule has 2 aromatic carbocycles. The van der Waals surface area contributed by atoms with Crippen LogP contribution in [0.2, 0.25) is 0 Å². The summed E-state index contributed by atoms with van der Waals surface area (Å²) in [7, 11) is 1.26. The van der Waals surface area contributed by atoms with Crippen molar-refractivity contribution in [1.82, 2.24) is 0 Å². The molecular weight excluding hydrogens is 298 g/mol. The number of phenols is 2. The van der Waals surface area contributed by atoms with Gasteiger partial charge in [0.2, 0.25) is 0 Å². The number of carbonyl (C=O) groups excluding carboxylic acids is 2. The van der Waals surface area contributed by atoms with E-state index in [1.165, 1.54) is 19.2 Å². The number of rotatable bonds is 4. The van der Waals surface area contributed by atoms with E-state index in [4.69, 9.17) is 10.8 Å². The summed E-state index contributed by atoms with van der Waals surface area (Å²) in [6, 6.07) is 12.6. The average molecular weight is 317 g/mol. The highest BCUT2D eigenvalue weighted by molar-refractivity contribution is 5.75. The number of methoxy groups -OCH3 is 1. The Morgan fingerprint density at radius 1 is 1.17 bits per heavy atom. The standard InChI is InChI=1S/C10H13NO4.C7H6O/c1-15-10(14)7(11)4-6-2-3-8(12)9(13)5-6;8-6-7-4-2-1-3-5-7/h2-3,5,7,12-13H,4,11H2,1H3;1-6H. The molecule has 0 fully saturated rings. The first kappa shape index (κ1) is 18.2. The predicted molar refractivity (Wildman–Crippen MR) is 85.3 cm³/mol. The molecule has 0 spiro atoms. The van der Waals surface area contributed by atoms with Gasteiger partial charge < -0.3 is 20.7 Å². The maximum Gasteiger partial charge on any atom is 0.322 e. The molecule has 1 unspecified atom stereocenters. The van der Waals surface area contributed by atoms with Crippen molar-refractivity contribution in [2.45, 2.75) is 12.5 Å². The van der Waals surface area contributed by atoms with Gasteiger partial charge in [0.1, 0.15) is 12.3 Å². The molecule has 0 aromatic heterocycles. The Morgan fingerprint density at radius 2 is 1.83 bits per heavy atom. The van der Waals surface area contributed by atoms with Crippen LogP contribution in [0, 0.1) is 0 Å². The largest absolute Gasteiger partial charge is 0.504 e. The average Bonchev–Trinajstić information content (AvgIpc) is 2.58. The summed E-state index contributed by atoms with van der Waals surface area (Å²) in [6.07, 6.45) is 1.08. The third-order valence-corrected chi connectivity index (χ3v) is 2.94. The number of benzene rings is 2. The lowest BCUT2D eigenvalue weighted by molar-refractivity contribution is -0.142. The Kier molecular flexibility index (Phi) is 7.29. The van der Waals surface area contributed by atoms with E-state index in [-0.39, 0.29) is 17.9 Å². The molecule has 0 radical (unpaired) electrons. The number of hydrogen-bond donors (Lipinski definition) is 3. The Bertz CT molecular complexity index is 643. The summed E-state index contributed by atoms with van der Waals surface area (Å²) in [5.74, 6) is -0.947. The third kappa shape index (κ3) is 6.19. The van der Waals surface area contributed by atoms with E-state index in [1.807, 2.05) is 18.2 Å². The molecule has 0 aliphatic heterocycles. The van der Waals surface area contributed by atoms with Crippen LogP contribution in [0.4, 0.5) is 0 Å². The van der Waals surface area contributed by atoms with E-state index >= 15 is 0 Å². The number of nitrogens with two attached hydrogens (primary N) is 1. The predicted octanol–water partition coefficient (Wildman–Crippen LogP) is 1.64. The molecule has 0 saturated heterocycles. The second-order valence-corrected chi connectivity index (χ2v) is 4.69. The summed E-state index contributed by atoms with van der Waals surface area (Å²) in [4.78, 5) is 21.0. The summed E-state index contributed by atoms with van der Waals surface area (Å²) in [5.41, 5.74) is 6.91. The Balaban J connectivity index is 0.000000277. The summed E-state index contributed by atoms with van der Waals surface area (Å²) in [5, 5.41) is 18.3. The lowest BCUT2D eigenvalue weighted by Crippen LogP contribution is -2.33. The highest BCUT2D eigenvalue weighted by atomic mass is 16.5. The van der Waals surface area contributed by atoms with Gasteiger partial charge in [-0.2, -0.15) is 0 Å². The molecular formula is C17H19NO5. The van der Waals surface area contributed by atoms with Gasteiger partial charge in [0, 0.05) is 5.56 Å². The number of aldehydes is 1. The molecule has 4 N–H and O–H groups in total. The minimum absolute atomic E-state index is 0.203. The number of esters is 1. The molecule has 0 saturated carbocycles. The molecule has 122 valence electrons. The third-order valence-electron chi connectivity index (χ3n) is 2.94. The second-order valence-electron chi connectivity index (χ2n) is 4.69. The van der Waals surface area contributed by atoms with Crippen molar-refractivity contribution < 1.29 is 24.5 Å². The fraction of sp³-hybridized carbons (Fsp3) is 0.176. The topological polar surface area (TPSA) is 110 Å². The van der Waals surface area contributed by atoms with Gasteiger partial charge in [-0.1, -0.05) is 36.4 Å². The van der Waals surface area contributed by atoms with Crippen molar-refractivity contribution in [3.63, 3.8) is 0 Å². The Labute approximate surface area is 134 Å². The van der Waals surface area contributed by atoms with Gasteiger partial charge in [-0.3, -0.25) is 9.59 Å². The fourth-order valence-electron chi connectivity index (χ4n) is 1.72. The molecule has 0 aliphatic rings. The molecule has 2 rings (SSSR count). The minimum Gasteiger partial charge on any atom is -0.504 e. The summed E-state index contributed by atoms with van der Waals surface area (Å²) >= 11 is 0. The van der Waals surface area contributed by atoms with Crippen LogP contribution in [0.25, 0.3) is 0 Å². The van der Waals surface area contributed by atoms with Crippen LogP contribution in [0.15, 0.2) is 48.5 Å². The van der Waals surface area contributed by atoms with Crippen LogP contribution >= 0.6 is 0 Å². The summed E-state index contributed by atoms with van der Waals surface area (Å²) in [6.45, 7) is 0. The first-order valence-corrected chi connectivity index (χ1v) is 6.82. The first-order valence-electron chi connectivity index (χ1n) is 6.82. The van der Waals surface area contributed by atoms with Crippen LogP contribution in [0.1, 0.15) is 15.9 Å².